The molecule has 4 heteroatoms. The Balaban J connectivity index is 2.05. The largest absolute Gasteiger partial charge is 0.337 e. The molecule has 0 spiro atoms. The summed E-state index contributed by atoms with van der Waals surface area (Å²) in [6.45, 7) is 4.64. The van der Waals surface area contributed by atoms with Crippen molar-refractivity contribution in [3.05, 3.63) is 65.6 Å². The number of hydrogen-bond donors (Lipinski definition) is 1. The number of amides is 1. The van der Waals surface area contributed by atoms with Crippen LogP contribution in [-0.4, -0.2) is 10.5 Å². The van der Waals surface area contributed by atoms with Crippen molar-refractivity contribution in [2.75, 3.05) is 5.32 Å². The number of aryl methyl sites for hydroxylation is 2. The molecule has 22 heavy (non-hydrogen) atoms. The highest BCUT2D eigenvalue weighted by molar-refractivity contribution is 6.08. The molecule has 0 atom stereocenters. The summed E-state index contributed by atoms with van der Waals surface area (Å²) in [5.41, 5.74) is 3.04. The van der Waals surface area contributed by atoms with E-state index in [0.717, 1.165) is 16.5 Å². The van der Waals surface area contributed by atoms with Gasteiger partial charge in [-0.1, -0.05) is 24.3 Å². The third kappa shape index (κ3) is 2.37. The van der Waals surface area contributed by atoms with Gasteiger partial charge in [0.25, 0.3) is 5.91 Å². The van der Waals surface area contributed by atoms with Crippen LogP contribution in [0.4, 0.5) is 10.1 Å². The predicted molar refractivity (Wildman–Crippen MR) is 86.7 cm³/mol. The third-order valence-electron chi connectivity index (χ3n) is 3.84. The topological polar surface area (TPSA) is 34.0 Å². The van der Waals surface area contributed by atoms with E-state index in [4.69, 9.17) is 0 Å². The normalized spacial score (nSPS) is 10.9. The van der Waals surface area contributed by atoms with E-state index in [9.17, 15) is 9.18 Å². The van der Waals surface area contributed by atoms with Crippen LogP contribution in [0.25, 0.3) is 10.9 Å². The molecule has 2 aromatic carbocycles. The van der Waals surface area contributed by atoms with Crippen LogP contribution in [-0.2, 0) is 6.54 Å². The fraction of sp³-hybridized carbons (Fsp3) is 0.167. The zero-order valence-corrected chi connectivity index (χ0v) is 12.6. The second-order valence-electron chi connectivity index (χ2n) is 5.20. The van der Waals surface area contributed by atoms with Crippen LogP contribution >= 0.6 is 0 Å². The van der Waals surface area contributed by atoms with E-state index < -0.39 is 0 Å². The number of benzene rings is 2. The number of para-hydroxylation sites is 1. The molecule has 1 amide bonds. The zero-order chi connectivity index (χ0) is 15.7. The molecule has 0 radical (unpaired) electrons. The van der Waals surface area contributed by atoms with E-state index in [0.29, 0.717) is 17.9 Å². The maximum atomic E-state index is 13.3. The van der Waals surface area contributed by atoms with E-state index >= 15 is 0 Å². The van der Waals surface area contributed by atoms with Crippen molar-refractivity contribution in [3.63, 3.8) is 0 Å². The van der Waals surface area contributed by atoms with E-state index in [1.807, 2.05) is 42.7 Å². The zero-order valence-electron chi connectivity index (χ0n) is 12.6. The molecule has 0 saturated heterocycles. The molecule has 0 aliphatic heterocycles. The smallest absolute Gasteiger partial charge is 0.272 e. The maximum absolute atomic E-state index is 13.3. The molecule has 1 aromatic heterocycles. The second-order valence-corrected chi connectivity index (χ2v) is 5.20. The van der Waals surface area contributed by atoms with Gasteiger partial charge in [0.05, 0.1) is 0 Å². The molecule has 0 unspecified atom stereocenters. The number of halogens is 1. The summed E-state index contributed by atoms with van der Waals surface area (Å²) in [5.74, 6) is -0.591. The highest BCUT2D eigenvalue weighted by atomic mass is 19.1. The summed E-state index contributed by atoms with van der Waals surface area (Å²) in [4.78, 5) is 12.6. The first-order valence-corrected chi connectivity index (χ1v) is 7.26. The Hall–Kier alpha value is -2.62. The Labute approximate surface area is 128 Å². The predicted octanol–water partition coefficient (Wildman–Crippen LogP) is 4.36. The average Bonchev–Trinajstić information content (AvgIpc) is 2.80. The number of rotatable bonds is 3. The van der Waals surface area contributed by atoms with Crippen LogP contribution in [0.1, 0.15) is 23.0 Å². The molecule has 1 N–H and O–H groups in total. The molecule has 0 bridgehead atoms. The lowest BCUT2D eigenvalue weighted by molar-refractivity contribution is 0.101. The van der Waals surface area contributed by atoms with E-state index in [-0.39, 0.29) is 11.7 Å². The van der Waals surface area contributed by atoms with E-state index in [2.05, 4.69) is 5.32 Å². The van der Waals surface area contributed by atoms with Gasteiger partial charge in [-0.25, -0.2) is 4.39 Å². The van der Waals surface area contributed by atoms with Crippen molar-refractivity contribution in [1.82, 2.24) is 4.57 Å². The maximum Gasteiger partial charge on any atom is 0.272 e. The van der Waals surface area contributed by atoms with E-state index in [1.54, 1.807) is 12.1 Å². The molecule has 0 fully saturated rings. The fourth-order valence-electron chi connectivity index (χ4n) is 2.85. The first kappa shape index (κ1) is 14.3. The van der Waals surface area contributed by atoms with Crippen LogP contribution in [0.5, 0.6) is 0 Å². The molecule has 0 saturated carbocycles. The lowest BCUT2D eigenvalue weighted by Gasteiger charge is -2.10. The van der Waals surface area contributed by atoms with Gasteiger partial charge in [-0.05, 0) is 43.7 Å². The summed E-state index contributed by atoms with van der Waals surface area (Å²) in [6.07, 6.45) is 0. The van der Waals surface area contributed by atoms with Crippen molar-refractivity contribution in [1.29, 1.82) is 0 Å². The Morgan fingerprint density at radius 3 is 2.68 bits per heavy atom. The number of nitrogens with zero attached hydrogens (tertiary/aromatic N) is 1. The lowest BCUT2D eigenvalue weighted by Crippen LogP contribution is -2.17. The number of aromatic nitrogens is 1. The van der Waals surface area contributed by atoms with Gasteiger partial charge >= 0.3 is 0 Å². The molecule has 1 heterocycles. The molecule has 0 aliphatic carbocycles. The molecule has 3 rings (SSSR count). The molecule has 0 aliphatic rings. The summed E-state index contributed by atoms with van der Waals surface area (Å²) < 4.78 is 15.2. The van der Waals surface area contributed by atoms with Crippen LogP contribution in [0, 0.1) is 12.7 Å². The lowest BCUT2D eigenvalue weighted by atomic mass is 10.1. The number of carbonyl (C=O) groups excluding carboxylic acids is 1. The number of fused-ring (bicyclic) bond motifs is 1. The number of nitrogens with one attached hydrogen (secondary N) is 1. The van der Waals surface area contributed by atoms with Gasteiger partial charge in [0, 0.05) is 23.1 Å². The van der Waals surface area contributed by atoms with Gasteiger partial charge in [-0.15, -0.1) is 0 Å². The minimum atomic E-state index is -0.370. The quantitative estimate of drug-likeness (QED) is 0.765. The molecular formula is C18H17FN2O. The van der Waals surface area contributed by atoms with Gasteiger partial charge in [-0.3, -0.25) is 4.79 Å². The van der Waals surface area contributed by atoms with Crippen molar-refractivity contribution in [2.45, 2.75) is 20.4 Å². The number of hydrogen-bond acceptors (Lipinski definition) is 1. The Morgan fingerprint density at radius 1 is 1.18 bits per heavy atom. The Morgan fingerprint density at radius 2 is 1.95 bits per heavy atom. The van der Waals surface area contributed by atoms with E-state index in [1.165, 1.54) is 12.1 Å². The van der Waals surface area contributed by atoms with Crippen molar-refractivity contribution in [3.8, 4) is 0 Å². The first-order valence-electron chi connectivity index (χ1n) is 7.26. The van der Waals surface area contributed by atoms with Crippen LogP contribution < -0.4 is 5.32 Å². The summed E-state index contributed by atoms with van der Waals surface area (Å²) in [7, 11) is 0. The Bertz CT molecular complexity index is 851. The summed E-state index contributed by atoms with van der Waals surface area (Å²) in [6, 6.07) is 13.9. The molecule has 112 valence electrons. The Kier molecular flexibility index (Phi) is 3.67. The third-order valence-corrected chi connectivity index (χ3v) is 3.84. The first-order chi connectivity index (χ1) is 10.6. The van der Waals surface area contributed by atoms with Crippen LogP contribution in [0.15, 0.2) is 48.5 Å². The van der Waals surface area contributed by atoms with Crippen molar-refractivity contribution < 1.29 is 9.18 Å². The molecule has 3 nitrogen and oxygen atoms in total. The second kappa shape index (κ2) is 5.64. The monoisotopic (exact) mass is 296 g/mol. The summed E-state index contributed by atoms with van der Waals surface area (Å²) >= 11 is 0. The van der Waals surface area contributed by atoms with Gasteiger partial charge in [0.15, 0.2) is 0 Å². The average molecular weight is 296 g/mol. The van der Waals surface area contributed by atoms with Crippen LogP contribution in [0.2, 0.25) is 0 Å². The van der Waals surface area contributed by atoms with Gasteiger partial charge in [0.2, 0.25) is 0 Å². The van der Waals surface area contributed by atoms with Gasteiger partial charge in [-0.2, -0.15) is 0 Å². The van der Waals surface area contributed by atoms with Gasteiger partial charge < -0.3 is 9.88 Å². The number of carbonyl (C=O) groups is 1. The minimum absolute atomic E-state index is 0.221. The van der Waals surface area contributed by atoms with Crippen molar-refractivity contribution >= 4 is 22.5 Å². The molecular weight excluding hydrogens is 279 g/mol. The number of anilines is 1. The fourth-order valence-corrected chi connectivity index (χ4v) is 2.85. The standard InChI is InChI=1S/C18H17FN2O/c1-3-21-16-10-5-4-9-15(16)12(2)17(21)18(22)20-14-8-6-7-13(19)11-14/h4-11H,3H2,1-2H3,(H,20,22). The van der Waals surface area contributed by atoms with Crippen LogP contribution in [0.3, 0.4) is 0 Å². The SMILES string of the molecule is CCn1c(C(=O)Nc2cccc(F)c2)c(C)c2ccccc21. The van der Waals surface area contributed by atoms with Crippen molar-refractivity contribution in [2.24, 2.45) is 0 Å². The summed E-state index contributed by atoms with van der Waals surface area (Å²) in [5, 5.41) is 3.84. The van der Waals surface area contributed by atoms with Gasteiger partial charge in [0.1, 0.15) is 11.5 Å². The minimum Gasteiger partial charge on any atom is -0.337 e. The molecule has 3 aromatic rings. The highest BCUT2D eigenvalue weighted by Gasteiger charge is 2.19. The highest BCUT2D eigenvalue weighted by Crippen LogP contribution is 2.26.